The minimum atomic E-state index is 0.342. The summed E-state index contributed by atoms with van der Waals surface area (Å²) in [7, 11) is 0. The maximum absolute atomic E-state index is 5.58. The monoisotopic (exact) mass is 264 g/mol. The third-order valence-electron chi connectivity index (χ3n) is 3.46. The number of aromatic nitrogens is 1. The molecule has 1 aromatic heterocycles. The molecule has 0 bridgehead atoms. The van der Waals surface area contributed by atoms with Crippen molar-refractivity contribution < 1.29 is 0 Å². The van der Waals surface area contributed by atoms with Gasteiger partial charge in [-0.25, -0.2) is 0 Å². The van der Waals surface area contributed by atoms with Crippen LogP contribution in [0.5, 0.6) is 0 Å². The molecule has 0 amide bonds. The van der Waals surface area contributed by atoms with Crippen molar-refractivity contribution in [3.8, 4) is 0 Å². The maximum Gasteiger partial charge on any atom is 0.122 e. The fourth-order valence-electron chi connectivity index (χ4n) is 2.45. The number of nitrogens with two attached hydrogens (primary N) is 1. The Morgan fingerprint density at radius 2 is 2.50 bits per heavy atom. The molecule has 1 fully saturated rings. The van der Waals surface area contributed by atoms with Gasteiger partial charge in [0.1, 0.15) is 4.99 Å². The number of rotatable bonds is 5. The highest BCUT2D eigenvalue weighted by atomic mass is 32.1. The van der Waals surface area contributed by atoms with Gasteiger partial charge in [0.25, 0.3) is 0 Å². The van der Waals surface area contributed by atoms with Gasteiger partial charge < -0.3 is 11.1 Å². The van der Waals surface area contributed by atoms with Crippen molar-refractivity contribution in [2.45, 2.75) is 25.8 Å². The fraction of sp³-hybridized carbons (Fsp3) is 0.538. The normalized spacial score (nSPS) is 19.9. The van der Waals surface area contributed by atoms with Crippen molar-refractivity contribution in [1.82, 2.24) is 9.88 Å². The van der Waals surface area contributed by atoms with E-state index in [1.54, 1.807) is 6.20 Å². The van der Waals surface area contributed by atoms with E-state index in [2.05, 4.69) is 22.1 Å². The van der Waals surface area contributed by atoms with Crippen LogP contribution in [0.1, 0.15) is 25.5 Å². The van der Waals surface area contributed by atoms with Crippen LogP contribution in [-0.4, -0.2) is 40.5 Å². The Morgan fingerprint density at radius 3 is 3.22 bits per heavy atom. The number of hydrogen-bond acceptors (Lipinski definition) is 4. The summed E-state index contributed by atoms with van der Waals surface area (Å²) in [4.78, 5) is 6.99. The molecule has 1 aliphatic rings. The van der Waals surface area contributed by atoms with E-state index < -0.39 is 0 Å². The van der Waals surface area contributed by atoms with Gasteiger partial charge in [-0.15, -0.1) is 0 Å². The van der Waals surface area contributed by atoms with E-state index in [1.165, 1.54) is 19.4 Å². The largest absolute Gasteiger partial charge is 0.388 e. The number of thiocarbonyl (C=S) groups is 1. The Bertz CT molecular complexity index is 421. The van der Waals surface area contributed by atoms with E-state index in [1.807, 2.05) is 12.1 Å². The summed E-state index contributed by atoms with van der Waals surface area (Å²) >= 11 is 4.93. The lowest BCUT2D eigenvalue weighted by atomic mass is 10.2. The summed E-state index contributed by atoms with van der Waals surface area (Å²) in [6.45, 7) is 5.53. The average molecular weight is 264 g/mol. The minimum Gasteiger partial charge on any atom is -0.388 e. The van der Waals surface area contributed by atoms with Crippen molar-refractivity contribution in [2.24, 2.45) is 5.73 Å². The Labute approximate surface area is 114 Å². The molecule has 98 valence electrons. The molecule has 0 aliphatic carbocycles. The number of anilines is 1. The lowest BCUT2D eigenvalue weighted by molar-refractivity contribution is 0.277. The van der Waals surface area contributed by atoms with E-state index >= 15 is 0 Å². The first kappa shape index (κ1) is 13.2. The highest BCUT2D eigenvalue weighted by molar-refractivity contribution is 7.80. The zero-order valence-corrected chi connectivity index (χ0v) is 11.5. The summed E-state index contributed by atoms with van der Waals surface area (Å²) in [6.07, 6.45) is 4.31. The molecule has 1 aliphatic heterocycles. The molecule has 3 N–H and O–H groups in total. The topological polar surface area (TPSA) is 54.2 Å². The third-order valence-corrected chi connectivity index (χ3v) is 3.67. The van der Waals surface area contributed by atoms with Crippen LogP contribution >= 0.6 is 12.2 Å². The second-order valence-electron chi connectivity index (χ2n) is 4.60. The van der Waals surface area contributed by atoms with Crippen LogP contribution in [0.3, 0.4) is 0 Å². The Kier molecular flexibility index (Phi) is 4.49. The van der Waals surface area contributed by atoms with Gasteiger partial charge in [-0.05, 0) is 38.1 Å². The van der Waals surface area contributed by atoms with Crippen molar-refractivity contribution in [2.75, 3.05) is 25.0 Å². The molecule has 0 spiro atoms. The molecule has 1 saturated heterocycles. The van der Waals surface area contributed by atoms with E-state index in [4.69, 9.17) is 18.0 Å². The molecule has 0 aromatic carbocycles. The van der Waals surface area contributed by atoms with Gasteiger partial charge in [-0.1, -0.05) is 19.1 Å². The van der Waals surface area contributed by atoms with E-state index in [-0.39, 0.29) is 0 Å². The summed E-state index contributed by atoms with van der Waals surface area (Å²) in [5.74, 6) is 0. The number of nitrogens with one attached hydrogen (secondary N) is 1. The van der Waals surface area contributed by atoms with Crippen LogP contribution < -0.4 is 11.1 Å². The fourth-order valence-corrected chi connectivity index (χ4v) is 2.57. The van der Waals surface area contributed by atoms with Crippen LogP contribution in [0.2, 0.25) is 0 Å². The van der Waals surface area contributed by atoms with Crippen molar-refractivity contribution in [1.29, 1.82) is 0 Å². The molecule has 0 saturated carbocycles. The molecule has 1 aromatic rings. The van der Waals surface area contributed by atoms with Crippen molar-refractivity contribution in [3.63, 3.8) is 0 Å². The predicted molar refractivity (Wildman–Crippen MR) is 78.9 cm³/mol. The number of nitrogens with zero attached hydrogens (tertiary/aromatic N) is 2. The summed E-state index contributed by atoms with van der Waals surface area (Å²) < 4.78 is 0. The standard InChI is InChI=1S/C13H20N4S/c1-2-17-7-3-4-11(17)9-16-10-5-6-15-12(8-10)13(14)18/h5-6,8,11H,2-4,7,9H2,1H3,(H2,14,18)(H,15,16). The molecule has 0 radical (unpaired) electrons. The van der Waals surface area contributed by atoms with E-state index in [9.17, 15) is 0 Å². The second kappa shape index (κ2) is 6.11. The summed E-state index contributed by atoms with van der Waals surface area (Å²) in [5, 5.41) is 3.45. The average Bonchev–Trinajstić information content (AvgIpc) is 2.84. The number of likely N-dealkylation sites (N-methyl/N-ethyl adjacent to an activating group) is 1. The molecule has 1 unspecified atom stereocenters. The van der Waals surface area contributed by atoms with E-state index in [0.29, 0.717) is 16.7 Å². The Hall–Kier alpha value is -1.20. The van der Waals surface area contributed by atoms with Gasteiger partial charge in [-0.3, -0.25) is 9.88 Å². The van der Waals surface area contributed by atoms with Gasteiger partial charge in [0, 0.05) is 24.5 Å². The van der Waals surface area contributed by atoms with Gasteiger partial charge in [0.15, 0.2) is 0 Å². The minimum absolute atomic E-state index is 0.342. The molecule has 4 nitrogen and oxygen atoms in total. The predicted octanol–water partition coefficient (Wildman–Crippen LogP) is 1.61. The first-order chi connectivity index (χ1) is 8.70. The zero-order valence-electron chi connectivity index (χ0n) is 10.7. The number of pyridine rings is 1. The first-order valence-corrected chi connectivity index (χ1v) is 6.85. The third kappa shape index (κ3) is 3.17. The molecule has 18 heavy (non-hydrogen) atoms. The molecular weight excluding hydrogens is 244 g/mol. The number of likely N-dealkylation sites (tertiary alicyclic amines) is 1. The molecule has 2 heterocycles. The quantitative estimate of drug-likeness (QED) is 0.791. The zero-order chi connectivity index (χ0) is 13.0. The van der Waals surface area contributed by atoms with Crippen LogP contribution in [0.25, 0.3) is 0 Å². The molecular formula is C13H20N4S. The van der Waals surface area contributed by atoms with Crippen LogP contribution in [0.15, 0.2) is 18.3 Å². The van der Waals surface area contributed by atoms with Gasteiger partial charge >= 0.3 is 0 Å². The lowest BCUT2D eigenvalue weighted by Gasteiger charge is -2.23. The SMILES string of the molecule is CCN1CCCC1CNc1ccnc(C(N)=S)c1. The lowest BCUT2D eigenvalue weighted by Crippen LogP contribution is -2.34. The van der Waals surface area contributed by atoms with Gasteiger partial charge in [0.2, 0.25) is 0 Å². The highest BCUT2D eigenvalue weighted by Crippen LogP contribution is 2.17. The molecule has 1 atom stereocenters. The van der Waals surface area contributed by atoms with Crippen LogP contribution in [0, 0.1) is 0 Å². The second-order valence-corrected chi connectivity index (χ2v) is 5.04. The maximum atomic E-state index is 5.58. The van der Waals surface area contributed by atoms with Gasteiger partial charge in [-0.2, -0.15) is 0 Å². The summed E-state index contributed by atoms with van der Waals surface area (Å²) in [6, 6.07) is 4.50. The Morgan fingerprint density at radius 1 is 1.67 bits per heavy atom. The molecule has 2 rings (SSSR count). The summed E-state index contributed by atoms with van der Waals surface area (Å²) in [5.41, 5.74) is 7.29. The molecule has 5 heteroatoms. The smallest absolute Gasteiger partial charge is 0.122 e. The Balaban J connectivity index is 1.93. The van der Waals surface area contributed by atoms with Crippen molar-refractivity contribution >= 4 is 22.9 Å². The van der Waals surface area contributed by atoms with E-state index in [0.717, 1.165) is 18.8 Å². The van der Waals surface area contributed by atoms with Crippen molar-refractivity contribution in [3.05, 3.63) is 24.0 Å². The van der Waals surface area contributed by atoms with Gasteiger partial charge in [0.05, 0.1) is 5.69 Å². The van der Waals surface area contributed by atoms with Crippen LogP contribution in [-0.2, 0) is 0 Å². The first-order valence-electron chi connectivity index (χ1n) is 6.44. The number of hydrogen-bond donors (Lipinski definition) is 2. The highest BCUT2D eigenvalue weighted by Gasteiger charge is 2.22. The van der Waals surface area contributed by atoms with Crippen LogP contribution in [0.4, 0.5) is 5.69 Å².